The van der Waals surface area contributed by atoms with Crippen molar-refractivity contribution in [2.24, 2.45) is 0 Å². The Hall–Kier alpha value is -3.19. The van der Waals surface area contributed by atoms with Crippen LogP contribution in [0.25, 0.3) is 10.9 Å². The van der Waals surface area contributed by atoms with Crippen LogP contribution in [-0.2, 0) is 35.4 Å². The van der Waals surface area contributed by atoms with Crippen molar-refractivity contribution in [3.05, 3.63) is 65.1 Å². The number of ketones is 1. The van der Waals surface area contributed by atoms with Crippen LogP contribution in [0.5, 0.6) is 5.75 Å². The minimum Gasteiger partial charge on any atom is -0.497 e. The molecule has 162 valence electrons. The number of benzene rings is 2. The number of carboxylic acids is 1. The molecule has 3 aromatic rings. The van der Waals surface area contributed by atoms with Gasteiger partial charge in [-0.1, -0.05) is 12.1 Å². The molecule has 1 heterocycles. The van der Waals surface area contributed by atoms with Gasteiger partial charge in [0.15, 0.2) is 5.78 Å². The molecule has 1 atom stereocenters. The van der Waals surface area contributed by atoms with Crippen LogP contribution in [0.3, 0.4) is 0 Å². The highest BCUT2D eigenvalue weighted by atomic mass is 19.1. The Labute approximate surface area is 179 Å². The summed E-state index contributed by atoms with van der Waals surface area (Å²) in [7, 11) is 1.60. The molecule has 1 aliphatic carbocycles. The van der Waals surface area contributed by atoms with Crippen molar-refractivity contribution in [1.82, 2.24) is 9.88 Å². The lowest BCUT2D eigenvalue weighted by Crippen LogP contribution is -2.38. The smallest absolute Gasteiger partial charge is 0.323 e. The molecule has 31 heavy (non-hydrogen) atoms. The van der Waals surface area contributed by atoms with Gasteiger partial charge in [-0.25, -0.2) is 4.39 Å². The Kier molecular flexibility index (Phi) is 6.04. The molecule has 7 heteroatoms. The number of hydrogen-bond acceptors (Lipinski definition) is 4. The lowest BCUT2D eigenvalue weighted by atomic mass is 9.91. The van der Waals surface area contributed by atoms with Crippen molar-refractivity contribution in [3.8, 4) is 5.75 Å². The Bertz CT molecular complexity index is 1120. The molecule has 0 fully saturated rings. The molecule has 0 amide bonds. The predicted octanol–water partition coefficient (Wildman–Crippen LogP) is 3.13. The number of methoxy groups -OCH3 is 1. The number of carbonyl (C=O) groups is 2. The van der Waals surface area contributed by atoms with E-state index < -0.39 is 5.97 Å². The third-order valence-electron chi connectivity index (χ3n) is 5.87. The number of aliphatic carboxylic acids is 1. The van der Waals surface area contributed by atoms with Gasteiger partial charge in [-0.05, 0) is 60.7 Å². The number of hydrogen-bond donors (Lipinski definition) is 2. The lowest BCUT2D eigenvalue weighted by molar-refractivity contribution is -0.137. The second-order valence-electron chi connectivity index (χ2n) is 7.95. The van der Waals surface area contributed by atoms with Gasteiger partial charge in [0, 0.05) is 29.1 Å². The zero-order valence-electron chi connectivity index (χ0n) is 17.4. The summed E-state index contributed by atoms with van der Waals surface area (Å²) >= 11 is 0. The van der Waals surface area contributed by atoms with E-state index in [0.717, 1.165) is 39.9 Å². The zero-order valence-corrected chi connectivity index (χ0v) is 17.4. The molecule has 1 aromatic heterocycles. The van der Waals surface area contributed by atoms with Crippen LogP contribution in [0.4, 0.5) is 4.39 Å². The van der Waals surface area contributed by atoms with Gasteiger partial charge in [0.2, 0.25) is 0 Å². The number of nitrogens with one attached hydrogen (secondary N) is 1. The Balaban J connectivity index is 1.44. The average Bonchev–Trinajstić information content (AvgIpc) is 3.04. The zero-order chi connectivity index (χ0) is 22.0. The number of aromatic nitrogens is 1. The summed E-state index contributed by atoms with van der Waals surface area (Å²) in [4.78, 5) is 23.8. The molecule has 0 unspecified atom stereocenters. The van der Waals surface area contributed by atoms with Crippen LogP contribution in [0.15, 0.2) is 42.5 Å². The Morgan fingerprint density at radius 3 is 2.71 bits per heavy atom. The number of nitrogens with zero attached hydrogens (tertiary/aromatic N) is 1. The summed E-state index contributed by atoms with van der Waals surface area (Å²) in [5.74, 6) is -0.415. The van der Waals surface area contributed by atoms with Crippen molar-refractivity contribution in [2.45, 2.75) is 38.3 Å². The fraction of sp³-hybridized carbons (Fsp3) is 0.333. The topological polar surface area (TPSA) is 80.6 Å². The first kappa shape index (κ1) is 21.1. The normalized spacial score (nSPS) is 15.6. The summed E-state index contributed by atoms with van der Waals surface area (Å²) in [6.45, 7) is 0.115. The maximum absolute atomic E-state index is 13.9. The quantitative estimate of drug-likeness (QED) is 0.581. The first-order valence-electron chi connectivity index (χ1n) is 10.3. The fourth-order valence-corrected chi connectivity index (χ4v) is 4.40. The van der Waals surface area contributed by atoms with Gasteiger partial charge in [0.1, 0.15) is 18.1 Å². The number of halogens is 1. The van der Waals surface area contributed by atoms with Crippen LogP contribution in [-0.4, -0.2) is 41.1 Å². The third kappa shape index (κ3) is 4.61. The van der Waals surface area contributed by atoms with Gasteiger partial charge in [-0.2, -0.15) is 0 Å². The monoisotopic (exact) mass is 424 g/mol. The van der Waals surface area contributed by atoms with Gasteiger partial charge in [0.05, 0.1) is 13.7 Å². The van der Waals surface area contributed by atoms with E-state index in [0.29, 0.717) is 19.3 Å². The van der Waals surface area contributed by atoms with E-state index in [2.05, 4.69) is 5.32 Å². The molecular weight excluding hydrogens is 399 g/mol. The van der Waals surface area contributed by atoms with E-state index >= 15 is 0 Å². The number of fused-ring (bicyclic) bond motifs is 3. The molecule has 2 aromatic carbocycles. The second kappa shape index (κ2) is 8.89. The number of rotatable bonds is 8. The lowest BCUT2D eigenvalue weighted by Gasteiger charge is -2.24. The highest BCUT2D eigenvalue weighted by Crippen LogP contribution is 2.33. The number of ether oxygens (including phenoxy) is 1. The highest BCUT2D eigenvalue weighted by Gasteiger charge is 2.26. The molecule has 0 saturated heterocycles. The molecule has 0 bridgehead atoms. The molecule has 2 N–H and O–H groups in total. The second-order valence-corrected chi connectivity index (χ2v) is 7.95. The molecule has 0 aliphatic heterocycles. The van der Waals surface area contributed by atoms with Crippen molar-refractivity contribution in [2.75, 3.05) is 13.7 Å². The maximum atomic E-state index is 13.9. The molecular formula is C24H25FN2O4. The number of carboxylic acid groups (broad SMARTS) is 1. The summed E-state index contributed by atoms with van der Waals surface area (Å²) in [5, 5.41) is 13.4. The van der Waals surface area contributed by atoms with E-state index in [1.165, 1.54) is 12.1 Å². The van der Waals surface area contributed by atoms with Gasteiger partial charge in [-0.15, -0.1) is 0 Å². The summed E-state index contributed by atoms with van der Waals surface area (Å²) in [5.41, 5.74) is 3.60. The van der Waals surface area contributed by atoms with Crippen molar-refractivity contribution < 1.29 is 23.8 Å². The SMILES string of the molecule is COc1ccc(CC(=O)CN[C@H]2CCc3c(c4cc(F)ccc4n3CC(=O)O)C2)cc1. The predicted molar refractivity (Wildman–Crippen MR) is 115 cm³/mol. The van der Waals surface area contributed by atoms with E-state index in [-0.39, 0.29) is 30.7 Å². The van der Waals surface area contributed by atoms with Crippen molar-refractivity contribution >= 4 is 22.7 Å². The van der Waals surface area contributed by atoms with Gasteiger partial charge < -0.3 is 19.7 Å². The molecule has 0 spiro atoms. The van der Waals surface area contributed by atoms with Gasteiger partial charge in [-0.3, -0.25) is 9.59 Å². The van der Waals surface area contributed by atoms with Crippen LogP contribution in [0, 0.1) is 5.82 Å². The standard InChI is InChI=1S/C24H25FN2O4/c1-31-19-6-2-15(3-7-19)10-18(28)13-26-17-5-9-23-21(12-17)20-11-16(25)4-8-22(20)27(23)14-24(29)30/h2-4,6-8,11,17,26H,5,9-10,12-14H2,1H3,(H,29,30)/t17-/m0/s1. The number of carbonyl (C=O) groups excluding carboxylic acids is 1. The minimum atomic E-state index is -0.923. The molecule has 1 aliphatic rings. The average molecular weight is 424 g/mol. The van der Waals surface area contributed by atoms with E-state index in [4.69, 9.17) is 4.74 Å². The van der Waals surface area contributed by atoms with Crippen molar-refractivity contribution in [3.63, 3.8) is 0 Å². The van der Waals surface area contributed by atoms with Crippen molar-refractivity contribution in [1.29, 1.82) is 0 Å². The molecule has 6 nitrogen and oxygen atoms in total. The summed E-state index contributed by atoms with van der Waals surface area (Å²) in [6.07, 6.45) is 2.46. The highest BCUT2D eigenvalue weighted by molar-refractivity contribution is 5.87. The van der Waals surface area contributed by atoms with Crippen LogP contribution >= 0.6 is 0 Å². The summed E-state index contributed by atoms with van der Waals surface area (Å²) in [6, 6.07) is 12.0. The third-order valence-corrected chi connectivity index (χ3v) is 5.87. The van der Waals surface area contributed by atoms with E-state index in [1.54, 1.807) is 17.7 Å². The Morgan fingerprint density at radius 2 is 2.00 bits per heavy atom. The first-order valence-corrected chi connectivity index (χ1v) is 10.3. The van der Waals surface area contributed by atoms with Gasteiger partial charge in [0.25, 0.3) is 0 Å². The minimum absolute atomic E-state index is 0.0828. The van der Waals surface area contributed by atoms with E-state index in [9.17, 15) is 19.1 Å². The molecule has 4 rings (SSSR count). The van der Waals surface area contributed by atoms with Crippen LogP contribution < -0.4 is 10.1 Å². The van der Waals surface area contributed by atoms with Gasteiger partial charge >= 0.3 is 5.97 Å². The first-order chi connectivity index (χ1) is 14.9. The fourth-order valence-electron chi connectivity index (χ4n) is 4.40. The number of Topliss-reactive ketones (excluding diaryl/α,β-unsaturated/α-hetero) is 1. The summed E-state index contributed by atoms with van der Waals surface area (Å²) < 4.78 is 20.8. The molecule has 0 radical (unpaired) electrons. The van der Waals surface area contributed by atoms with Crippen LogP contribution in [0.1, 0.15) is 23.2 Å². The molecule has 0 saturated carbocycles. The Morgan fingerprint density at radius 1 is 1.23 bits per heavy atom. The maximum Gasteiger partial charge on any atom is 0.323 e. The largest absolute Gasteiger partial charge is 0.497 e. The van der Waals surface area contributed by atoms with E-state index in [1.807, 2.05) is 24.3 Å². The van der Waals surface area contributed by atoms with Crippen LogP contribution in [0.2, 0.25) is 0 Å².